The third kappa shape index (κ3) is 1.82. The predicted octanol–water partition coefficient (Wildman–Crippen LogP) is 2.16. The molecule has 0 aromatic carbocycles. The Morgan fingerprint density at radius 1 is 1.42 bits per heavy atom. The fourth-order valence-corrected chi connectivity index (χ4v) is 4.08. The molecule has 2 atom stereocenters. The quantitative estimate of drug-likeness (QED) is 0.681. The van der Waals surface area contributed by atoms with E-state index in [0.29, 0.717) is 5.92 Å². The van der Waals surface area contributed by atoms with Gasteiger partial charge in [-0.05, 0) is 18.8 Å². The molecule has 1 aliphatic heterocycles. The van der Waals surface area contributed by atoms with Crippen molar-refractivity contribution in [2.45, 2.75) is 44.8 Å². The van der Waals surface area contributed by atoms with Crippen LogP contribution < -0.4 is 0 Å². The van der Waals surface area contributed by atoms with E-state index < -0.39 is 9.84 Å². The van der Waals surface area contributed by atoms with Crippen LogP contribution in [0.3, 0.4) is 0 Å². The Labute approximate surface area is 75.3 Å². The Kier molecular flexibility index (Phi) is 3.16. The van der Waals surface area contributed by atoms with Gasteiger partial charge in [-0.2, -0.15) is 0 Å². The molecule has 0 saturated carbocycles. The Bertz CT molecular complexity index is 231. The van der Waals surface area contributed by atoms with Crippen LogP contribution in [0.2, 0.25) is 0 Å². The van der Waals surface area contributed by atoms with Crippen molar-refractivity contribution in [3.05, 3.63) is 5.75 Å². The van der Waals surface area contributed by atoms with Gasteiger partial charge in [0.05, 0.1) is 11.0 Å². The molecule has 12 heavy (non-hydrogen) atoms. The molecule has 1 radical (unpaired) electrons. The summed E-state index contributed by atoms with van der Waals surface area (Å²) < 4.78 is 22.9. The molecule has 2 nitrogen and oxygen atoms in total. The van der Waals surface area contributed by atoms with Crippen molar-refractivity contribution in [2.75, 3.05) is 0 Å². The van der Waals surface area contributed by atoms with Crippen LogP contribution >= 0.6 is 0 Å². The molecule has 0 aromatic heterocycles. The van der Waals surface area contributed by atoms with E-state index in [1.165, 1.54) is 5.75 Å². The minimum atomic E-state index is -2.84. The van der Waals surface area contributed by atoms with Crippen molar-refractivity contribution in [3.63, 3.8) is 0 Å². The molecule has 71 valence electrons. The molecule has 1 saturated heterocycles. The first kappa shape index (κ1) is 10.0. The smallest absolute Gasteiger partial charge is 0.157 e. The third-order valence-electron chi connectivity index (χ3n) is 2.68. The minimum Gasteiger partial charge on any atom is -0.228 e. The van der Waals surface area contributed by atoms with Gasteiger partial charge in [0.15, 0.2) is 9.84 Å². The van der Waals surface area contributed by atoms with E-state index in [9.17, 15) is 8.42 Å². The van der Waals surface area contributed by atoms with Gasteiger partial charge in [0.25, 0.3) is 0 Å². The van der Waals surface area contributed by atoms with Gasteiger partial charge in [-0.15, -0.1) is 0 Å². The molecule has 0 aliphatic carbocycles. The van der Waals surface area contributed by atoms with E-state index in [1.54, 1.807) is 0 Å². The van der Waals surface area contributed by atoms with Gasteiger partial charge < -0.3 is 0 Å². The van der Waals surface area contributed by atoms with E-state index in [1.807, 2.05) is 6.92 Å². The van der Waals surface area contributed by atoms with Crippen LogP contribution in [0.15, 0.2) is 0 Å². The number of sulfone groups is 1. The van der Waals surface area contributed by atoms with E-state index in [-0.39, 0.29) is 5.25 Å². The SMILES string of the molecule is CCCC1C(CC)C[CH]S1(=O)=O. The van der Waals surface area contributed by atoms with Gasteiger partial charge in [0.1, 0.15) is 0 Å². The maximum absolute atomic E-state index is 11.5. The van der Waals surface area contributed by atoms with Crippen LogP contribution in [0, 0.1) is 11.7 Å². The zero-order chi connectivity index (χ0) is 9.19. The van der Waals surface area contributed by atoms with Crippen molar-refractivity contribution in [2.24, 2.45) is 5.92 Å². The van der Waals surface area contributed by atoms with Crippen LogP contribution in [-0.4, -0.2) is 13.7 Å². The second kappa shape index (κ2) is 3.77. The number of rotatable bonds is 3. The lowest BCUT2D eigenvalue weighted by molar-refractivity contribution is 0.469. The second-order valence-electron chi connectivity index (χ2n) is 3.49. The number of hydrogen-bond acceptors (Lipinski definition) is 2. The monoisotopic (exact) mass is 189 g/mol. The van der Waals surface area contributed by atoms with Gasteiger partial charge >= 0.3 is 0 Å². The topological polar surface area (TPSA) is 34.1 Å². The lowest BCUT2D eigenvalue weighted by Crippen LogP contribution is -2.20. The van der Waals surface area contributed by atoms with Crippen LogP contribution in [0.4, 0.5) is 0 Å². The largest absolute Gasteiger partial charge is 0.228 e. The zero-order valence-electron chi connectivity index (χ0n) is 7.79. The standard InChI is InChI=1S/C9H17O2S/c1-3-5-9-8(4-2)6-7-12(9,10)11/h7-9H,3-6H2,1-2H3. The maximum atomic E-state index is 11.5. The van der Waals surface area contributed by atoms with Crippen molar-refractivity contribution in [3.8, 4) is 0 Å². The lowest BCUT2D eigenvalue weighted by Gasteiger charge is -2.15. The summed E-state index contributed by atoms with van der Waals surface area (Å²) in [6.45, 7) is 4.11. The molecule has 1 aliphatic rings. The van der Waals surface area contributed by atoms with E-state index >= 15 is 0 Å². The number of hydrogen-bond donors (Lipinski definition) is 0. The molecule has 0 spiro atoms. The highest BCUT2D eigenvalue weighted by atomic mass is 32.2. The highest BCUT2D eigenvalue weighted by Crippen LogP contribution is 2.34. The molecule has 1 heterocycles. The first-order valence-corrected chi connectivity index (χ1v) is 6.29. The summed E-state index contributed by atoms with van der Waals surface area (Å²) in [6.07, 6.45) is 3.55. The van der Waals surface area contributed by atoms with Crippen molar-refractivity contribution >= 4 is 9.84 Å². The van der Waals surface area contributed by atoms with E-state index in [2.05, 4.69) is 6.92 Å². The normalized spacial score (nSPS) is 33.8. The summed E-state index contributed by atoms with van der Waals surface area (Å²) in [4.78, 5) is 0. The molecular formula is C9H17O2S. The molecule has 0 amide bonds. The van der Waals surface area contributed by atoms with Crippen LogP contribution in [0.1, 0.15) is 39.5 Å². The average Bonchev–Trinajstić information content (AvgIpc) is 2.29. The predicted molar refractivity (Wildman–Crippen MR) is 50.3 cm³/mol. The molecule has 1 fully saturated rings. The molecular weight excluding hydrogens is 172 g/mol. The Hall–Kier alpha value is -0.0500. The first-order valence-electron chi connectivity index (χ1n) is 4.69. The van der Waals surface area contributed by atoms with Crippen molar-refractivity contribution < 1.29 is 8.42 Å². The summed E-state index contributed by atoms with van der Waals surface area (Å²) in [6, 6.07) is 0. The van der Waals surface area contributed by atoms with Gasteiger partial charge in [0, 0.05) is 0 Å². The van der Waals surface area contributed by atoms with Gasteiger partial charge in [-0.25, -0.2) is 8.42 Å². The maximum Gasteiger partial charge on any atom is 0.157 e. The van der Waals surface area contributed by atoms with Crippen LogP contribution in [0.5, 0.6) is 0 Å². The zero-order valence-corrected chi connectivity index (χ0v) is 8.60. The lowest BCUT2D eigenvalue weighted by atomic mass is 9.97. The van der Waals surface area contributed by atoms with Gasteiger partial charge in [-0.3, -0.25) is 0 Å². The molecule has 0 aromatic rings. The van der Waals surface area contributed by atoms with Crippen molar-refractivity contribution in [1.82, 2.24) is 0 Å². The Balaban J connectivity index is 2.73. The Morgan fingerprint density at radius 2 is 2.08 bits per heavy atom. The summed E-state index contributed by atoms with van der Waals surface area (Å²) in [7, 11) is -2.84. The average molecular weight is 189 g/mol. The highest BCUT2D eigenvalue weighted by molar-refractivity contribution is 7.94. The minimum absolute atomic E-state index is 0.0764. The molecule has 0 N–H and O–H groups in total. The van der Waals surface area contributed by atoms with Crippen LogP contribution in [-0.2, 0) is 9.84 Å². The summed E-state index contributed by atoms with van der Waals surface area (Å²) in [5.74, 6) is 1.90. The molecule has 0 bridgehead atoms. The highest BCUT2D eigenvalue weighted by Gasteiger charge is 2.38. The molecule has 1 rings (SSSR count). The summed E-state index contributed by atoms with van der Waals surface area (Å²) in [5, 5.41) is -0.0764. The van der Waals surface area contributed by atoms with E-state index in [0.717, 1.165) is 25.7 Å². The molecule has 2 unspecified atom stereocenters. The summed E-state index contributed by atoms with van der Waals surface area (Å²) >= 11 is 0. The van der Waals surface area contributed by atoms with E-state index in [4.69, 9.17) is 0 Å². The molecule has 3 heteroatoms. The van der Waals surface area contributed by atoms with Crippen LogP contribution in [0.25, 0.3) is 0 Å². The summed E-state index contributed by atoms with van der Waals surface area (Å²) in [5.41, 5.74) is 0. The fourth-order valence-electron chi connectivity index (χ4n) is 1.92. The van der Waals surface area contributed by atoms with Crippen molar-refractivity contribution in [1.29, 1.82) is 0 Å². The van der Waals surface area contributed by atoms with Gasteiger partial charge in [-0.1, -0.05) is 26.7 Å². The van der Waals surface area contributed by atoms with Gasteiger partial charge in [0.2, 0.25) is 0 Å². The Morgan fingerprint density at radius 3 is 2.58 bits per heavy atom. The second-order valence-corrected chi connectivity index (χ2v) is 5.60. The fraction of sp³-hybridized carbons (Fsp3) is 0.889. The first-order chi connectivity index (χ1) is 5.61. The third-order valence-corrected chi connectivity index (χ3v) is 4.80.